The third-order valence-corrected chi connectivity index (χ3v) is 11.6. The summed E-state index contributed by atoms with van der Waals surface area (Å²) in [5, 5.41) is 3.29. The van der Waals surface area contributed by atoms with Gasteiger partial charge in [0.2, 0.25) is 5.91 Å². The van der Waals surface area contributed by atoms with Crippen molar-refractivity contribution < 1.29 is 19.1 Å². The predicted octanol–water partition coefficient (Wildman–Crippen LogP) is 7.44. The quantitative estimate of drug-likeness (QED) is 0.375. The molecule has 4 aliphatic carbocycles. The number of amides is 2. The van der Waals surface area contributed by atoms with Gasteiger partial charge < -0.3 is 10.1 Å². The van der Waals surface area contributed by atoms with Crippen LogP contribution >= 0.6 is 0 Å². The van der Waals surface area contributed by atoms with Crippen LogP contribution < -0.4 is 5.32 Å². The summed E-state index contributed by atoms with van der Waals surface area (Å²) >= 11 is 0. The van der Waals surface area contributed by atoms with Crippen LogP contribution in [0.4, 0.5) is 4.79 Å². The normalized spacial score (nSPS) is 33.0. The van der Waals surface area contributed by atoms with Gasteiger partial charge in [0.15, 0.2) is 5.78 Å². The zero-order valence-corrected chi connectivity index (χ0v) is 26.1. The summed E-state index contributed by atoms with van der Waals surface area (Å²) < 4.78 is 5.91. The van der Waals surface area contributed by atoms with Gasteiger partial charge in [0, 0.05) is 23.7 Å². The Morgan fingerprint density at radius 1 is 0.930 bits per heavy atom. The van der Waals surface area contributed by atoms with E-state index < -0.39 is 16.9 Å². The fraction of sp³-hybridized carbons (Fsp3) is 0.541. The Morgan fingerprint density at radius 3 is 2.23 bits per heavy atom. The molecular weight excluding hydrogens is 536 g/mol. The van der Waals surface area contributed by atoms with Gasteiger partial charge in [0.05, 0.1) is 6.04 Å². The molecule has 2 saturated carbocycles. The van der Waals surface area contributed by atoms with E-state index in [1.807, 2.05) is 45.0 Å². The maximum atomic E-state index is 14.1. The monoisotopic (exact) mass is 580 g/mol. The molecule has 2 aromatic rings. The Morgan fingerprint density at radius 2 is 1.58 bits per heavy atom. The summed E-state index contributed by atoms with van der Waals surface area (Å²) in [5.74, 6) is -0.0920. The van der Waals surface area contributed by atoms with Gasteiger partial charge in [-0.25, -0.2) is 4.79 Å². The van der Waals surface area contributed by atoms with Gasteiger partial charge in [0.25, 0.3) is 0 Å². The predicted molar refractivity (Wildman–Crippen MR) is 166 cm³/mol. The first-order valence-electron chi connectivity index (χ1n) is 16.1. The number of nitrogens with one attached hydrogen (secondary N) is 1. The van der Waals surface area contributed by atoms with Crippen LogP contribution in [0.15, 0.2) is 60.3 Å². The van der Waals surface area contributed by atoms with Crippen molar-refractivity contribution in [1.82, 2.24) is 10.2 Å². The molecule has 43 heavy (non-hydrogen) atoms. The van der Waals surface area contributed by atoms with Crippen molar-refractivity contribution in [3.63, 3.8) is 0 Å². The number of piperidine rings is 1. The number of likely N-dealkylation sites (tertiary alicyclic amines) is 1. The Hall–Kier alpha value is -3.41. The summed E-state index contributed by atoms with van der Waals surface area (Å²) in [6.45, 7) is 10.9. The number of hydrogen-bond donors (Lipinski definition) is 1. The first-order valence-corrected chi connectivity index (χ1v) is 16.1. The van der Waals surface area contributed by atoms with E-state index in [0.29, 0.717) is 36.1 Å². The second-order valence-electron chi connectivity index (χ2n) is 15.3. The minimum Gasteiger partial charge on any atom is -0.443 e. The zero-order chi connectivity index (χ0) is 30.3. The highest BCUT2D eigenvalue weighted by atomic mass is 16.6. The van der Waals surface area contributed by atoms with Crippen LogP contribution in [0.5, 0.6) is 0 Å². The number of ketones is 1. The molecule has 6 nitrogen and oxygen atoms in total. The third-order valence-electron chi connectivity index (χ3n) is 11.6. The van der Waals surface area contributed by atoms with Gasteiger partial charge in [-0.2, -0.15) is 0 Å². The first-order chi connectivity index (χ1) is 20.4. The molecule has 3 fully saturated rings. The molecule has 6 heteroatoms. The van der Waals surface area contributed by atoms with Crippen LogP contribution in [0.25, 0.3) is 11.1 Å². The molecule has 7 rings (SSSR count). The lowest BCUT2D eigenvalue weighted by atomic mass is 9.49. The van der Waals surface area contributed by atoms with E-state index in [9.17, 15) is 14.4 Å². The average molecular weight is 581 g/mol. The Labute approximate surface area is 255 Å². The van der Waals surface area contributed by atoms with Crippen LogP contribution in [-0.2, 0) is 14.3 Å². The highest BCUT2D eigenvalue weighted by Crippen LogP contribution is 2.64. The van der Waals surface area contributed by atoms with E-state index in [0.717, 1.165) is 40.8 Å². The third kappa shape index (κ3) is 4.46. The number of benzene rings is 2. The van der Waals surface area contributed by atoms with Gasteiger partial charge in [-0.3, -0.25) is 14.5 Å². The van der Waals surface area contributed by atoms with E-state index in [4.69, 9.17) is 4.74 Å². The fourth-order valence-corrected chi connectivity index (χ4v) is 9.66. The molecular formula is C37H44N2O4. The maximum absolute atomic E-state index is 14.1. The summed E-state index contributed by atoms with van der Waals surface area (Å²) in [6, 6.07) is 16.1. The molecule has 5 aliphatic rings. The molecule has 1 aliphatic heterocycles. The molecule has 0 bridgehead atoms. The highest BCUT2D eigenvalue weighted by Gasteiger charge is 2.61. The van der Waals surface area contributed by atoms with Crippen LogP contribution in [0.3, 0.4) is 0 Å². The zero-order valence-electron chi connectivity index (χ0n) is 26.1. The number of fused-ring (bicyclic) bond motifs is 8. The largest absolute Gasteiger partial charge is 0.443 e. The molecule has 6 atom stereocenters. The topological polar surface area (TPSA) is 75.7 Å². The van der Waals surface area contributed by atoms with Gasteiger partial charge in [-0.1, -0.05) is 68.8 Å². The van der Waals surface area contributed by atoms with Crippen molar-refractivity contribution in [3.05, 3.63) is 71.4 Å². The lowest BCUT2D eigenvalue weighted by Gasteiger charge is -2.60. The smallest absolute Gasteiger partial charge is 0.414 e. The van der Waals surface area contributed by atoms with E-state index in [1.54, 1.807) is 11.0 Å². The van der Waals surface area contributed by atoms with Crippen LogP contribution in [0.1, 0.15) is 90.3 Å². The van der Waals surface area contributed by atoms with E-state index >= 15 is 0 Å². The second-order valence-corrected chi connectivity index (χ2v) is 15.3. The number of rotatable bonds is 2. The number of nitrogens with zero attached hydrogens (tertiary/aromatic N) is 1. The molecule has 1 saturated heterocycles. The Balaban J connectivity index is 1.23. The summed E-state index contributed by atoms with van der Waals surface area (Å²) in [5.41, 5.74) is 4.28. The maximum Gasteiger partial charge on any atom is 0.414 e. The standard InChI is InChI=1S/C37H44N2O4/c1-35(2,3)43-34(42)39-21-27-28-15-10-17-36(28,4)18-16-29(27)37(5)20-26(30(40)19-31(37)39)33(41)38-32-24-13-8-6-11-22(24)23-12-7-9-14-25(23)32/h6-9,11-14,19,26-29,32H,10,15-18,20-21H2,1-5H3,(H,38,41)/t26?,27-,28-,29-,36-,37+/m0/s1. The molecule has 2 amide bonds. The summed E-state index contributed by atoms with van der Waals surface area (Å²) in [6.07, 6.45) is 7.50. The second kappa shape index (κ2) is 9.80. The molecule has 0 spiro atoms. The number of hydrogen-bond acceptors (Lipinski definition) is 4. The number of carbonyl (C=O) groups is 3. The summed E-state index contributed by atoms with van der Waals surface area (Å²) in [7, 11) is 0. The van der Waals surface area contributed by atoms with Crippen LogP contribution in [0, 0.1) is 34.5 Å². The highest BCUT2D eigenvalue weighted by molar-refractivity contribution is 6.08. The van der Waals surface area contributed by atoms with Gasteiger partial charge in [0.1, 0.15) is 11.5 Å². The average Bonchev–Trinajstić information content (AvgIpc) is 3.50. The van der Waals surface area contributed by atoms with Crippen LogP contribution in [-0.4, -0.2) is 34.8 Å². The van der Waals surface area contributed by atoms with E-state index in [2.05, 4.69) is 43.4 Å². The first kappa shape index (κ1) is 28.4. The van der Waals surface area contributed by atoms with Crippen molar-refractivity contribution in [3.8, 4) is 11.1 Å². The molecule has 1 heterocycles. The van der Waals surface area contributed by atoms with E-state index in [1.165, 1.54) is 19.3 Å². The number of carbonyl (C=O) groups excluding carboxylic acids is 3. The van der Waals surface area contributed by atoms with Crippen molar-refractivity contribution in [2.24, 2.45) is 34.5 Å². The SMILES string of the molecule is CC(C)(C)OC(=O)N1C[C@H]2[C@@H]3CCC[C@@]3(C)CC[C@@H]2[C@@]2(C)CC(C(=O)NC3c4ccccc4-c4ccccc43)C(=O)C=C12. The Kier molecular flexibility index (Phi) is 6.47. The van der Waals surface area contributed by atoms with Crippen molar-refractivity contribution in [1.29, 1.82) is 0 Å². The van der Waals surface area contributed by atoms with Crippen molar-refractivity contribution in [2.45, 2.75) is 84.8 Å². The molecule has 1 N–H and O–H groups in total. The number of allylic oxidation sites excluding steroid dienone is 2. The van der Waals surface area contributed by atoms with Crippen molar-refractivity contribution >= 4 is 17.8 Å². The minimum absolute atomic E-state index is 0.224. The van der Waals surface area contributed by atoms with Gasteiger partial charge in [-0.15, -0.1) is 0 Å². The molecule has 226 valence electrons. The summed E-state index contributed by atoms with van der Waals surface area (Å²) in [4.78, 5) is 43.4. The van der Waals surface area contributed by atoms with Crippen LogP contribution in [0.2, 0.25) is 0 Å². The molecule has 1 unspecified atom stereocenters. The lowest BCUT2D eigenvalue weighted by Crippen LogP contribution is -2.60. The Bertz CT molecular complexity index is 1490. The number of ether oxygens (including phenoxy) is 1. The molecule has 2 aromatic carbocycles. The molecule has 0 aromatic heterocycles. The fourth-order valence-electron chi connectivity index (χ4n) is 9.66. The molecule has 0 radical (unpaired) electrons. The minimum atomic E-state index is -0.801. The van der Waals surface area contributed by atoms with Gasteiger partial charge >= 0.3 is 6.09 Å². The van der Waals surface area contributed by atoms with E-state index in [-0.39, 0.29) is 23.8 Å². The lowest BCUT2D eigenvalue weighted by molar-refractivity contribution is -0.137. The van der Waals surface area contributed by atoms with Gasteiger partial charge in [-0.05, 0) is 98.3 Å². The van der Waals surface area contributed by atoms with Crippen molar-refractivity contribution in [2.75, 3.05) is 6.54 Å².